The standard InChI is InChI=1S/C17H30N4O3/c1-12-13(10-18-11-14-19-8-9-20(14)7)21(17(5,6)23-12)15(22)24-16(2,3)4/h8-9,12-13,18H,10-11H2,1-7H3/t12-,13+/m1/s1. The molecule has 1 aromatic rings. The average Bonchev–Trinajstić information content (AvgIpc) is 2.89. The van der Waals surface area contributed by atoms with Gasteiger partial charge < -0.3 is 19.4 Å². The van der Waals surface area contributed by atoms with Crippen LogP contribution < -0.4 is 5.32 Å². The molecule has 0 aliphatic carbocycles. The molecule has 0 bridgehead atoms. The van der Waals surface area contributed by atoms with Gasteiger partial charge in [0.2, 0.25) is 0 Å². The molecule has 1 aliphatic heterocycles. The van der Waals surface area contributed by atoms with Crippen LogP contribution in [0.4, 0.5) is 4.79 Å². The summed E-state index contributed by atoms with van der Waals surface area (Å²) in [5, 5.41) is 3.37. The molecule has 7 heteroatoms. The molecule has 1 saturated heterocycles. The molecule has 2 rings (SSSR count). The van der Waals surface area contributed by atoms with Crippen LogP contribution in [-0.4, -0.2) is 50.6 Å². The van der Waals surface area contributed by atoms with E-state index in [-0.39, 0.29) is 18.2 Å². The molecule has 2 atom stereocenters. The molecule has 1 fully saturated rings. The minimum atomic E-state index is -0.697. The Bertz CT molecular complexity index is 577. The van der Waals surface area contributed by atoms with Gasteiger partial charge in [-0.25, -0.2) is 9.78 Å². The molecule has 1 aliphatic rings. The molecule has 0 radical (unpaired) electrons. The van der Waals surface area contributed by atoms with Gasteiger partial charge in [-0.05, 0) is 41.5 Å². The van der Waals surface area contributed by atoms with E-state index in [0.717, 1.165) is 5.82 Å². The average molecular weight is 338 g/mol. The first-order valence-electron chi connectivity index (χ1n) is 8.38. The smallest absolute Gasteiger partial charge is 0.412 e. The third-order valence-corrected chi connectivity index (χ3v) is 4.08. The van der Waals surface area contributed by atoms with Crippen LogP contribution in [0.5, 0.6) is 0 Å². The molecule has 136 valence electrons. The van der Waals surface area contributed by atoms with Gasteiger partial charge in [0.25, 0.3) is 0 Å². The van der Waals surface area contributed by atoms with Crippen molar-refractivity contribution in [2.45, 2.75) is 71.6 Å². The van der Waals surface area contributed by atoms with Gasteiger partial charge in [0.15, 0.2) is 0 Å². The second kappa shape index (κ2) is 6.72. The number of carbonyl (C=O) groups excluding carboxylic acids is 1. The molecule has 24 heavy (non-hydrogen) atoms. The van der Waals surface area contributed by atoms with E-state index in [1.165, 1.54) is 0 Å². The lowest BCUT2D eigenvalue weighted by molar-refractivity contribution is -0.0756. The Morgan fingerprint density at radius 2 is 2.12 bits per heavy atom. The zero-order valence-corrected chi connectivity index (χ0v) is 15.8. The molecule has 1 amide bonds. The number of aryl methyl sites for hydroxylation is 1. The highest BCUT2D eigenvalue weighted by molar-refractivity contribution is 5.70. The van der Waals surface area contributed by atoms with Crippen molar-refractivity contribution in [2.75, 3.05) is 6.54 Å². The van der Waals surface area contributed by atoms with Gasteiger partial charge in [-0.3, -0.25) is 4.90 Å². The number of imidazole rings is 1. The summed E-state index contributed by atoms with van der Waals surface area (Å²) in [4.78, 5) is 18.7. The fourth-order valence-electron chi connectivity index (χ4n) is 3.02. The van der Waals surface area contributed by atoms with Crippen molar-refractivity contribution in [1.82, 2.24) is 19.8 Å². The first kappa shape index (κ1) is 18.7. The molecule has 0 unspecified atom stereocenters. The highest BCUT2D eigenvalue weighted by atomic mass is 16.6. The van der Waals surface area contributed by atoms with E-state index in [0.29, 0.717) is 13.1 Å². The van der Waals surface area contributed by atoms with E-state index in [1.807, 2.05) is 59.4 Å². The minimum absolute atomic E-state index is 0.0820. The van der Waals surface area contributed by atoms with Crippen LogP contribution in [-0.2, 0) is 23.1 Å². The normalized spacial score (nSPS) is 23.5. The van der Waals surface area contributed by atoms with Crippen LogP contribution in [0.2, 0.25) is 0 Å². The Kier molecular flexibility index (Phi) is 5.25. The topological polar surface area (TPSA) is 68.6 Å². The van der Waals surface area contributed by atoms with Crippen LogP contribution in [0.15, 0.2) is 12.4 Å². The monoisotopic (exact) mass is 338 g/mol. The van der Waals surface area contributed by atoms with E-state index in [9.17, 15) is 4.79 Å². The Balaban J connectivity index is 2.04. The Labute approximate surface area is 144 Å². The summed E-state index contributed by atoms with van der Waals surface area (Å²) in [6.45, 7) is 12.6. The number of amides is 1. The second-order valence-electron chi connectivity index (χ2n) is 7.77. The highest BCUT2D eigenvalue weighted by Gasteiger charge is 2.49. The van der Waals surface area contributed by atoms with Gasteiger partial charge in [0, 0.05) is 26.0 Å². The number of nitrogens with one attached hydrogen (secondary N) is 1. The Hall–Kier alpha value is -1.60. The summed E-state index contributed by atoms with van der Waals surface area (Å²) >= 11 is 0. The van der Waals surface area contributed by atoms with Gasteiger partial charge in [-0.1, -0.05) is 0 Å². The predicted molar refractivity (Wildman–Crippen MR) is 91.4 cm³/mol. The molecule has 7 nitrogen and oxygen atoms in total. The summed E-state index contributed by atoms with van der Waals surface area (Å²) < 4.78 is 13.5. The van der Waals surface area contributed by atoms with E-state index >= 15 is 0 Å². The Morgan fingerprint density at radius 3 is 2.67 bits per heavy atom. The number of carbonyl (C=O) groups is 1. The van der Waals surface area contributed by atoms with Crippen molar-refractivity contribution in [3.63, 3.8) is 0 Å². The van der Waals surface area contributed by atoms with Crippen molar-refractivity contribution < 1.29 is 14.3 Å². The fraction of sp³-hybridized carbons (Fsp3) is 0.765. The maximum Gasteiger partial charge on any atom is 0.412 e. The van der Waals surface area contributed by atoms with Crippen molar-refractivity contribution in [3.8, 4) is 0 Å². The fourth-order valence-corrected chi connectivity index (χ4v) is 3.02. The van der Waals surface area contributed by atoms with Crippen molar-refractivity contribution in [2.24, 2.45) is 7.05 Å². The van der Waals surface area contributed by atoms with Gasteiger partial charge in [-0.15, -0.1) is 0 Å². The number of rotatable bonds is 4. The molecule has 0 spiro atoms. The van der Waals surface area contributed by atoms with E-state index < -0.39 is 11.3 Å². The van der Waals surface area contributed by atoms with Crippen LogP contribution in [0.25, 0.3) is 0 Å². The molecule has 1 aromatic heterocycles. The molecule has 0 saturated carbocycles. The summed E-state index contributed by atoms with van der Waals surface area (Å²) in [5.74, 6) is 0.949. The first-order valence-corrected chi connectivity index (χ1v) is 8.38. The zero-order valence-electron chi connectivity index (χ0n) is 15.8. The summed E-state index contributed by atoms with van der Waals surface area (Å²) in [7, 11) is 1.96. The summed E-state index contributed by atoms with van der Waals surface area (Å²) in [5.41, 5.74) is -1.23. The van der Waals surface area contributed by atoms with E-state index in [2.05, 4.69) is 10.3 Å². The lowest BCUT2D eigenvalue weighted by atomic mass is 10.1. The number of nitrogens with zero attached hydrogens (tertiary/aromatic N) is 3. The molecule has 0 aromatic carbocycles. The molecule has 2 heterocycles. The molecular formula is C17H30N4O3. The zero-order chi connectivity index (χ0) is 18.1. The Morgan fingerprint density at radius 1 is 1.46 bits per heavy atom. The van der Waals surface area contributed by atoms with Crippen molar-refractivity contribution >= 4 is 6.09 Å². The maximum atomic E-state index is 12.7. The van der Waals surface area contributed by atoms with Crippen LogP contribution in [0.3, 0.4) is 0 Å². The van der Waals surface area contributed by atoms with Gasteiger partial charge in [0.1, 0.15) is 17.2 Å². The first-order chi connectivity index (χ1) is 11.0. The third kappa shape index (κ3) is 4.27. The summed E-state index contributed by atoms with van der Waals surface area (Å²) in [6.07, 6.45) is 3.25. The quantitative estimate of drug-likeness (QED) is 0.912. The highest BCUT2D eigenvalue weighted by Crippen LogP contribution is 2.33. The summed E-state index contributed by atoms with van der Waals surface area (Å²) in [6, 6.07) is -0.102. The predicted octanol–water partition coefficient (Wildman–Crippen LogP) is 2.27. The largest absolute Gasteiger partial charge is 0.444 e. The van der Waals surface area contributed by atoms with E-state index in [1.54, 1.807) is 11.1 Å². The van der Waals surface area contributed by atoms with Gasteiger partial charge >= 0.3 is 6.09 Å². The van der Waals surface area contributed by atoms with Crippen LogP contribution in [0.1, 0.15) is 47.4 Å². The van der Waals surface area contributed by atoms with Crippen LogP contribution >= 0.6 is 0 Å². The number of ether oxygens (including phenoxy) is 2. The second-order valence-corrected chi connectivity index (χ2v) is 7.77. The minimum Gasteiger partial charge on any atom is -0.444 e. The SMILES string of the molecule is C[C@H]1OC(C)(C)N(C(=O)OC(C)(C)C)[C@H]1CNCc1nccn1C. The third-order valence-electron chi connectivity index (χ3n) is 4.08. The maximum absolute atomic E-state index is 12.7. The lowest BCUT2D eigenvalue weighted by Gasteiger charge is -2.35. The molecular weight excluding hydrogens is 308 g/mol. The molecule has 1 N–H and O–H groups in total. The van der Waals surface area contributed by atoms with Crippen molar-refractivity contribution in [3.05, 3.63) is 18.2 Å². The van der Waals surface area contributed by atoms with Crippen LogP contribution in [0, 0.1) is 0 Å². The lowest BCUT2D eigenvalue weighted by Crippen LogP contribution is -2.53. The number of hydrogen-bond acceptors (Lipinski definition) is 5. The number of aromatic nitrogens is 2. The van der Waals surface area contributed by atoms with E-state index in [4.69, 9.17) is 9.47 Å². The number of hydrogen-bond donors (Lipinski definition) is 1. The van der Waals surface area contributed by atoms with Gasteiger partial charge in [0.05, 0.1) is 18.7 Å². The van der Waals surface area contributed by atoms with Crippen molar-refractivity contribution in [1.29, 1.82) is 0 Å². The van der Waals surface area contributed by atoms with Gasteiger partial charge in [-0.2, -0.15) is 0 Å².